The van der Waals surface area contributed by atoms with Crippen molar-refractivity contribution in [3.63, 3.8) is 0 Å². The summed E-state index contributed by atoms with van der Waals surface area (Å²) in [7, 11) is 8.46. The summed E-state index contributed by atoms with van der Waals surface area (Å²) in [6.45, 7) is 2.24. The number of benzene rings is 2. The van der Waals surface area contributed by atoms with Gasteiger partial charge in [0.25, 0.3) is 0 Å². The zero-order valence-electron chi connectivity index (χ0n) is 18.1. The van der Waals surface area contributed by atoms with Crippen molar-refractivity contribution in [3.8, 4) is 0 Å². The maximum absolute atomic E-state index is 2.24. The molecule has 157 valence electrons. The SMILES string of the molecule is CN(C)CC[c-]1[cH-][cH-][c-]2cccc[c-]12.CN(C)CCc1ccc2cccc[c-]12.[V]. The van der Waals surface area contributed by atoms with Crippen LogP contribution in [0.4, 0.5) is 0 Å². The van der Waals surface area contributed by atoms with Gasteiger partial charge in [0.1, 0.15) is 0 Å². The van der Waals surface area contributed by atoms with Crippen LogP contribution in [0.3, 0.4) is 0 Å². The molecule has 29 heavy (non-hydrogen) atoms. The molecule has 0 aliphatic carbocycles. The molecule has 0 heterocycles. The monoisotopic (exact) mass is 423 g/mol. The summed E-state index contributed by atoms with van der Waals surface area (Å²) in [5.41, 5.74) is 2.93. The first kappa shape index (κ1) is 23.4. The molecule has 4 aromatic rings. The van der Waals surface area contributed by atoms with E-state index in [1.54, 1.807) is 0 Å². The van der Waals surface area contributed by atoms with Crippen molar-refractivity contribution in [2.75, 3.05) is 41.3 Å². The number of hydrogen-bond acceptors (Lipinski definition) is 2. The third-order valence-electron chi connectivity index (χ3n) is 5.20. The van der Waals surface area contributed by atoms with Gasteiger partial charge < -0.3 is 44.3 Å². The van der Waals surface area contributed by atoms with E-state index in [0.29, 0.717) is 0 Å². The Balaban J connectivity index is 0.000000200. The molecular formula is C26H32N2V-6. The Morgan fingerprint density at radius 2 is 1.52 bits per heavy atom. The molecular weight excluding hydrogens is 391 g/mol. The van der Waals surface area contributed by atoms with Crippen molar-refractivity contribution in [2.24, 2.45) is 0 Å². The van der Waals surface area contributed by atoms with Crippen LogP contribution in [-0.2, 0) is 31.4 Å². The van der Waals surface area contributed by atoms with E-state index in [1.807, 2.05) is 0 Å². The van der Waals surface area contributed by atoms with Crippen molar-refractivity contribution >= 4 is 21.5 Å². The van der Waals surface area contributed by atoms with Crippen molar-refractivity contribution in [3.05, 3.63) is 83.9 Å². The van der Waals surface area contributed by atoms with Gasteiger partial charge in [0.15, 0.2) is 0 Å². The molecule has 0 aromatic heterocycles. The Labute approximate surface area is 187 Å². The molecule has 0 amide bonds. The largest absolute Gasteiger partial charge is 0.790 e. The molecule has 0 aliphatic rings. The molecule has 3 heteroatoms. The molecule has 0 spiro atoms. The fraction of sp³-hybridized carbons (Fsp3) is 0.308. The maximum Gasteiger partial charge on any atom is 0.000323 e. The summed E-state index contributed by atoms with van der Waals surface area (Å²) < 4.78 is 0. The molecule has 0 aliphatic heterocycles. The summed E-state index contributed by atoms with van der Waals surface area (Å²) in [4.78, 5) is 4.45. The van der Waals surface area contributed by atoms with Crippen molar-refractivity contribution in [1.29, 1.82) is 0 Å². The van der Waals surface area contributed by atoms with Gasteiger partial charge in [-0.1, -0.05) is 5.39 Å². The van der Waals surface area contributed by atoms with Crippen LogP contribution in [0.1, 0.15) is 11.1 Å². The Morgan fingerprint density at radius 3 is 2.28 bits per heavy atom. The van der Waals surface area contributed by atoms with E-state index in [2.05, 4.69) is 111 Å². The molecule has 0 saturated heterocycles. The minimum atomic E-state index is 0. The topological polar surface area (TPSA) is 6.48 Å². The van der Waals surface area contributed by atoms with Crippen LogP contribution in [0.15, 0.2) is 72.8 Å². The number of fused-ring (bicyclic) bond motifs is 2. The molecule has 0 bridgehead atoms. The Morgan fingerprint density at radius 1 is 0.793 bits per heavy atom. The van der Waals surface area contributed by atoms with Crippen LogP contribution < -0.4 is 0 Å². The third-order valence-corrected chi connectivity index (χ3v) is 5.20. The molecule has 0 atom stereocenters. The minimum Gasteiger partial charge on any atom is -0.790 e. The van der Waals surface area contributed by atoms with Gasteiger partial charge in [0.05, 0.1) is 0 Å². The van der Waals surface area contributed by atoms with Crippen LogP contribution in [-0.4, -0.2) is 51.1 Å². The number of hydrogen-bond donors (Lipinski definition) is 0. The normalized spacial score (nSPS) is 11.0. The quantitative estimate of drug-likeness (QED) is 0.387. The average Bonchev–Trinajstić information content (AvgIpc) is 3.29. The van der Waals surface area contributed by atoms with E-state index in [4.69, 9.17) is 0 Å². The molecule has 0 N–H and O–H groups in total. The Bertz CT molecular complexity index is 912. The molecule has 4 aromatic carbocycles. The number of nitrogens with zero attached hydrogens (tertiary/aromatic N) is 2. The van der Waals surface area contributed by atoms with Gasteiger partial charge in [-0.3, -0.25) is 6.07 Å². The molecule has 4 rings (SSSR count). The average molecular weight is 424 g/mol. The summed E-state index contributed by atoms with van der Waals surface area (Å²) in [5, 5.41) is 5.55. The van der Waals surface area contributed by atoms with E-state index >= 15 is 0 Å². The first-order valence-corrected chi connectivity index (χ1v) is 10.1. The smallest absolute Gasteiger partial charge is 0.000323 e. The van der Waals surface area contributed by atoms with Crippen LogP contribution in [0.2, 0.25) is 0 Å². The Kier molecular flexibility index (Phi) is 9.20. The summed E-state index contributed by atoms with van der Waals surface area (Å²) in [5.74, 6) is 0. The summed E-state index contributed by atoms with van der Waals surface area (Å²) in [6.07, 6.45) is 2.28. The minimum absolute atomic E-state index is 0. The first-order valence-electron chi connectivity index (χ1n) is 10.1. The van der Waals surface area contributed by atoms with E-state index in [9.17, 15) is 0 Å². The van der Waals surface area contributed by atoms with E-state index < -0.39 is 0 Å². The second kappa shape index (κ2) is 11.4. The van der Waals surface area contributed by atoms with Gasteiger partial charge in [-0.2, -0.15) is 12.5 Å². The van der Waals surface area contributed by atoms with Gasteiger partial charge in [0.2, 0.25) is 0 Å². The fourth-order valence-corrected chi connectivity index (χ4v) is 3.55. The van der Waals surface area contributed by atoms with Crippen LogP contribution in [0.25, 0.3) is 21.5 Å². The van der Waals surface area contributed by atoms with Gasteiger partial charge in [-0.25, -0.2) is 6.07 Å². The van der Waals surface area contributed by atoms with Gasteiger partial charge in [-0.05, 0) is 41.2 Å². The summed E-state index contributed by atoms with van der Waals surface area (Å²) in [6, 6.07) is 26.1. The van der Waals surface area contributed by atoms with Crippen molar-refractivity contribution < 1.29 is 18.6 Å². The Hall–Kier alpha value is -1.84. The molecule has 0 fully saturated rings. The molecule has 0 saturated carbocycles. The standard InChI is InChI=1S/2C13H16N.V/c2*1-14(2)10-9-12-8-7-11-5-3-4-6-13(11)12;/h2*3-8H,9-10H2,1-2H3;/q-5;-1;. The molecule has 1 radical (unpaired) electrons. The zero-order chi connectivity index (χ0) is 19.9. The second-order valence-corrected chi connectivity index (χ2v) is 8.00. The van der Waals surface area contributed by atoms with Crippen LogP contribution >= 0.6 is 0 Å². The summed E-state index contributed by atoms with van der Waals surface area (Å²) >= 11 is 0. The molecule has 2 nitrogen and oxygen atoms in total. The second-order valence-electron chi connectivity index (χ2n) is 8.00. The predicted molar refractivity (Wildman–Crippen MR) is 124 cm³/mol. The number of likely N-dealkylation sites (N-methyl/N-ethyl adjacent to an activating group) is 2. The van der Waals surface area contributed by atoms with E-state index in [-0.39, 0.29) is 18.6 Å². The van der Waals surface area contributed by atoms with Crippen LogP contribution in [0.5, 0.6) is 0 Å². The number of rotatable bonds is 6. The van der Waals surface area contributed by atoms with Gasteiger partial charge in [0, 0.05) is 25.1 Å². The van der Waals surface area contributed by atoms with Crippen molar-refractivity contribution in [1.82, 2.24) is 9.80 Å². The first-order chi connectivity index (χ1) is 13.5. The van der Waals surface area contributed by atoms with E-state index in [1.165, 1.54) is 32.7 Å². The maximum atomic E-state index is 2.24. The third kappa shape index (κ3) is 6.59. The zero-order valence-corrected chi connectivity index (χ0v) is 19.5. The van der Waals surface area contributed by atoms with Crippen molar-refractivity contribution in [2.45, 2.75) is 12.8 Å². The predicted octanol–water partition coefficient (Wildman–Crippen LogP) is 5.32. The molecule has 0 unspecified atom stereocenters. The van der Waals surface area contributed by atoms with Gasteiger partial charge >= 0.3 is 0 Å². The van der Waals surface area contributed by atoms with Crippen LogP contribution in [0, 0.1) is 0 Å². The van der Waals surface area contributed by atoms with Gasteiger partial charge in [-0.15, -0.1) is 47.3 Å². The fourth-order valence-electron chi connectivity index (χ4n) is 3.55. The van der Waals surface area contributed by atoms with E-state index in [0.717, 1.165) is 25.9 Å².